The summed E-state index contributed by atoms with van der Waals surface area (Å²) in [6.45, 7) is 49.6. The molecule has 0 saturated heterocycles. The van der Waals surface area contributed by atoms with Crippen LogP contribution in [0.1, 0.15) is 117 Å². The molecule has 1 aliphatic carbocycles. The van der Waals surface area contributed by atoms with Gasteiger partial charge in [-0.2, -0.15) is 0 Å². The molecule has 0 amide bonds. The van der Waals surface area contributed by atoms with Gasteiger partial charge < -0.3 is 21.7 Å². The fraction of sp³-hybridized carbons (Fsp3) is 0.383. The topological polar surface area (TPSA) is 74.5 Å². The third-order valence-corrected chi connectivity index (χ3v) is 7.63. The zero-order chi connectivity index (χ0) is 40.2. The first kappa shape index (κ1) is 47.2. The number of nitrogens with two attached hydrogens (primary N) is 1. The Kier molecular flexibility index (Phi) is 21.5. The molecule has 0 fully saturated rings. The van der Waals surface area contributed by atoms with Gasteiger partial charge in [0, 0.05) is 42.2 Å². The van der Waals surface area contributed by atoms with E-state index in [1.165, 1.54) is 17.5 Å². The van der Waals surface area contributed by atoms with Crippen molar-refractivity contribution in [2.45, 2.75) is 116 Å². The van der Waals surface area contributed by atoms with E-state index in [1.807, 2.05) is 54.5 Å². The van der Waals surface area contributed by atoms with Gasteiger partial charge in [-0.1, -0.05) is 156 Å². The van der Waals surface area contributed by atoms with Gasteiger partial charge in [-0.25, -0.2) is 0 Å². The van der Waals surface area contributed by atoms with Crippen LogP contribution >= 0.6 is 0 Å². The molecule has 5 N–H and O–H groups in total. The number of nitrogens with one attached hydrogen (secondary N) is 3. The number of benzene rings is 2. The quantitative estimate of drug-likeness (QED) is 0.117. The highest BCUT2D eigenvalue weighted by atomic mass is 14.9. The summed E-state index contributed by atoms with van der Waals surface area (Å²) in [6.07, 6.45) is 5.46. The maximum atomic E-state index is 6.04. The maximum absolute atomic E-state index is 6.04. The molecule has 52 heavy (non-hydrogen) atoms. The molecular weight excluding hydrogens is 635 g/mol. The molecule has 5 heteroatoms. The number of nitrogens with zero attached hydrogens (tertiary/aromatic N) is 1. The highest BCUT2D eigenvalue weighted by molar-refractivity contribution is 6.08. The summed E-state index contributed by atoms with van der Waals surface area (Å²) < 4.78 is 0. The molecule has 0 aromatic heterocycles. The van der Waals surface area contributed by atoms with Crippen molar-refractivity contribution >= 4 is 11.3 Å². The van der Waals surface area contributed by atoms with Crippen molar-refractivity contribution < 1.29 is 0 Å². The zero-order valence-electron chi connectivity index (χ0n) is 35.1. The fourth-order valence-corrected chi connectivity index (χ4v) is 4.93. The van der Waals surface area contributed by atoms with Gasteiger partial charge in [0.1, 0.15) is 0 Å². The maximum Gasteiger partial charge on any atom is 0.0861 e. The van der Waals surface area contributed by atoms with Gasteiger partial charge in [-0.15, -0.1) is 0 Å². The summed E-state index contributed by atoms with van der Waals surface area (Å²) in [4.78, 5) is 4.98. The summed E-state index contributed by atoms with van der Waals surface area (Å²) >= 11 is 0. The molecule has 0 radical (unpaired) electrons. The van der Waals surface area contributed by atoms with E-state index in [2.05, 4.69) is 139 Å². The van der Waals surface area contributed by atoms with Crippen LogP contribution in [0.2, 0.25) is 0 Å². The predicted octanol–water partition coefficient (Wildman–Crippen LogP) is 12.1. The Morgan fingerprint density at radius 2 is 1.37 bits per heavy atom. The van der Waals surface area contributed by atoms with Crippen LogP contribution in [0, 0.1) is 12.3 Å². The van der Waals surface area contributed by atoms with Crippen molar-refractivity contribution in [1.82, 2.24) is 16.0 Å². The molecule has 3 rings (SSSR count). The van der Waals surface area contributed by atoms with Gasteiger partial charge >= 0.3 is 0 Å². The van der Waals surface area contributed by atoms with Crippen molar-refractivity contribution in [3.05, 3.63) is 161 Å². The normalized spacial score (nSPS) is 12.9. The van der Waals surface area contributed by atoms with Crippen LogP contribution in [0.4, 0.5) is 0 Å². The Labute approximate surface area is 319 Å². The number of rotatable bonds is 14. The third-order valence-electron chi connectivity index (χ3n) is 7.63. The highest BCUT2D eigenvalue weighted by Crippen LogP contribution is 2.32. The molecule has 0 heterocycles. The molecule has 5 nitrogen and oxygen atoms in total. The van der Waals surface area contributed by atoms with Crippen molar-refractivity contribution in [1.29, 1.82) is 0 Å². The summed E-state index contributed by atoms with van der Waals surface area (Å²) in [5.41, 5.74) is 20.5. The van der Waals surface area contributed by atoms with Gasteiger partial charge in [-0.3, -0.25) is 4.99 Å². The average molecular weight is 706 g/mol. The van der Waals surface area contributed by atoms with Crippen molar-refractivity contribution in [2.75, 3.05) is 0 Å². The first-order valence-electron chi connectivity index (χ1n) is 18.8. The lowest BCUT2D eigenvalue weighted by molar-refractivity contribution is 0.539. The van der Waals surface area contributed by atoms with E-state index in [-0.39, 0.29) is 5.41 Å². The fourth-order valence-electron chi connectivity index (χ4n) is 4.93. The Balaban J connectivity index is 0.00000347. The molecule has 0 unspecified atom stereocenters. The van der Waals surface area contributed by atoms with Crippen molar-refractivity contribution in [3.63, 3.8) is 0 Å². The number of allylic oxidation sites excluding steroid dienone is 7. The molecule has 1 aliphatic rings. The average Bonchev–Trinajstić information content (AvgIpc) is 3.10. The molecule has 0 atom stereocenters. The molecule has 0 bridgehead atoms. The van der Waals surface area contributed by atoms with Crippen LogP contribution in [0.25, 0.3) is 5.57 Å². The standard InChI is InChI=1S/C40H51N5.C3H8.2C2H6/c1-25(2)35-16-17-36(27(4)18-35)24-43-32(9)37(45-28(5)21-40(10,11)12)19-26(3)31(8)42-22-33-14-13-15-34(20-33)23-44-39-30(7)29(6)38(39)41;1-3-2;2*1-2/h13-21,42-44H,1,6-9,22-24,41H2,2-5,10-12H3;3H2,1-2H3;2*1-2H3/b26-19+,28-21+,45-37+;;;. The van der Waals surface area contributed by atoms with E-state index in [9.17, 15) is 0 Å². The lowest BCUT2D eigenvalue weighted by atomic mass is 9.90. The van der Waals surface area contributed by atoms with Crippen LogP contribution < -0.4 is 21.7 Å². The Bertz CT molecular complexity index is 1670. The van der Waals surface area contributed by atoms with Gasteiger partial charge in [0.15, 0.2) is 0 Å². The highest BCUT2D eigenvalue weighted by Gasteiger charge is 2.23. The van der Waals surface area contributed by atoms with Crippen molar-refractivity contribution in [2.24, 2.45) is 16.1 Å². The predicted molar refractivity (Wildman–Crippen MR) is 234 cm³/mol. The molecule has 0 saturated carbocycles. The summed E-state index contributed by atoms with van der Waals surface area (Å²) in [5.74, 6) is 0. The number of hydrogen-bond acceptors (Lipinski definition) is 5. The lowest BCUT2D eigenvalue weighted by Gasteiger charge is -2.27. The minimum atomic E-state index is 0.00750. The lowest BCUT2D eigenvalue weighted by Crippen LogP contribution is -2.28. The second-order valence-corrected chi connectivity index (χ2v) is 13.7. The monoisotopic (exact) mass is 706 g/mol. The Morgan fingerprint density at radius 3 is 1.88 bits per heavy atom. The van der Waals surface area contributed by atoms with E-state index in [0.29, 0.717) is 25.3 Å². The number of aryl methyl sites for hydroxylation is 1. The summed E-state index contributed by atoms with van der Waals surface area (Å²) in [7, 11) is 0. The number of hydrogen-bond donors (Lipinski definition) is 4. The summed E-state index contributed by atoms with van der Waals surface area (Å²) in [6, 6.07) is 14.9. The molecular formula is C47H71N5. The largest absolute Gasteiger partial charge is 0.397 e. The van der Waals surface area contributed by atoms with Gasteiger partial charge in [0.05, 0.1) is 22.8 Å². The summed E-state index contributed by atoms with van der Waals surface area (Å²) in [5, 5.41) is 10.4. The SMILES string of the molecule is C=C1C(=C)C(NCc2cccc(CNC(=C)/C(C)=C/C(=N\C(C)=C\C(C)(C)C)C(=C)NCc3ccc(C(=C)C)cc3C)c2)=C1N.CC.CC.CCC. The first-order chi connectivity index (χ1) is 24.5. The van der Waals surface area contributed by atoms with Crippen LogP contribution in [-0.2, 0) is 19.6 Å². The first-order valence-corrected chi connectivity index (χ1v) is 18.8. The third kappa shape index (κ3) is 16.1. The van der Waals surface area contributed by atoms with Gasteiger partial charge in [0.2, 0.25) is 0 Å². The van der Waals surface area contributed by atoms with Gasteiger partial charge in [0.25, 0.3) is 0 Å². The molecule has 284 valence electrons. The molecule has 2 aromatic carbocycles. The smallest absolute Gasteiger partial charge is 0.0861 e. The second-order valence-electron chi connectivity index (χ2n) is 13.7. The second kappa shape index (κ2) is 23.7. The minimum Gasteiger partial charge on any atom is -0.397 e. The van der Waals surface area contributed by atoms with Crippen LogP contribution in [0.15, 0.2) is 138 Å². The van der Waals surface area contributed by atoms with E-state index < -0.39 is 0 Å². The molecule has 0 aliphatic heterocycles. The van der Waals surface area contributed by atoms with E-state index in [4.69, 9.17) is 10.7 Å². The number of aliphatic imine (C=N–C) groups is 1. The Hall–Kier alpha value is -4.77. The van der Waals surface area contributed by atoms with E-state index in [1.54, 1.807) is 0 Å². The van der Waals surface area contributed by atoms with E-state index >= 15 is 0 Å². The zero-order valence-corrected chi connectivity index (χ0v) is 35.1. The minimum absolute atomic E-state index is 0.00750. The van der Waals surface area contributed by atoms with Crippen LogP contribution in [0.3, 0.4) is 0 Å². The van der Waals surface area contributed by atoms with Crippen molar-refractivity contribution in [3.8, 4) is 0 Å². The molecule has 2 aromatic rings. The van der Waals surface area contributed by atoms with Gasteiger partial charge in [-0.05, 0) is 72.6 Å². The van der Waals surface area contributed by atoms with Crippen LogP contribution in [-0.4, -0.2) is 5.71 Å². The van der Waals surface area contributed by atoms with E-state index in [0.717, 1.165) is 67.5 Å². The molecule has 0 spiro atoms. The van der Waals surface area contributed by atoms with Crippen LogP contribution in [0.5, 0.6) is 0 Å². The Morgan fingerprint density at radius 1 is 0.808 bits per heavy atom.